The van der Waals surface area contributed by atoms with Crippen LogP contribution in [0.4, 0.5) is 0 Å². The van der Waals surface area contributed by atoms with Crippen molar-refractivity contribution in [3.8, 4) is 6.07 Å². The second kappa shape index (κ2) is 8.42. The number of hydrogen-bond acceptors (Lipinski definition) is 4. The van der Waals surface area contributed by atoms with Gasteiger partial charge in [0.15, 0.2) is 5.78 Å². The van der Waals surface area contributed by atoms with Gasteiger partial charge in [0, 0.05) is 22.0 Å². The lowest BCUT2D eigenvalue weighted by Crippen LogP contribution is -2.27. The van der Waals surface area contributed by atoms with Gasteiger partial charge in [-0.1, -0.05) is 41.4 Å². The zero-order valence-corrected chi connectivity index (χ0v) is 16.4. The molecule has 0 bridgehead atoms. The predicted molar refractivity (Wildman–Crippen MR) is 105 cm³/mol. The smallest absolute Gasteiger partial charge is 0.158 e. The number of hydrogen-bond donors (Lipinski definition) is 1. The number of ketones is 1. The summed E-state index contributed by atoms with van der Waals surface area (Å²) in [4.78, 5) is 12.3. The highest BCUT2D eigenvalue weighted by atomic mass is 35.5. The summed E-state index contributed by atoms with van der Waals surface area (Å²) in [7, 11) is 0. The Bertz CT molecular complexity index is 826. The molecule has 0 saturated heterocycles. The topological polar surface area (TPSA) is 52.9 Å². The Hall–Kier alpha value is -1.96. The lowest BCUT2D eigenvalue weighted by atomic mass is 9.81. The van der Waals surface area contributed by atoms with Crippen LogP contribution in [0.15, 0.2) is 57.8 Å². The third-order valence-corrected chi connectivity index (χ3v) is 5.25. The molecule has 3 nitrogen and oxygen atoms in total. The molecule has 0 amide bonds. The standard InChI is InChI=1S/C20H21ClN2OS/c1-12(2)9-10-25-20-16(11-22)19(15-7-5-6-8-17(15)21)18(14(4)24)13(3)23-20/h5-9,19,23H,10H2,1-4H3. The van der Waals surface area contributed by atoms with E-state index in [1.165, 1.54) is 12.5 Å². The van der Waals surface area contributed by atoms with Gasteiger partial charge in [0.05, 0.1) is 22.6 Å². The fourth-order valence-corrected chi connectivity index (χ4v) is 4.18. The van der Waals surface area contributed by atoms with Gasteiger partial charge >= 0.3 is 0 Å². The van der Waals surface area contributed by atoms with Crippen LogP contribution >= 0.6 is 23.4 Å². The summed E-state index contributed by atoms with van der Waals surface area (Å²) in [5, 5.41) is 14.4. The minimum Gasteiger partial charge on any atom is -0.353 e. The number of carbonyl (C=O) groups excluding carboxylic acids is 1. The van der Waals surface area contributed by atoms with E-state index < -0.39 is 5.92 Å². The van der Waals surface area contributed by atoms with Crippen LogP contribution in [-0.4, -0.2) is 11.5 Å². The Kier molecular flexibility index (Phi) is 6.52. The van der Waals surface area contributed by atoms with Crippen molar-refractivity contribution in [2.75, 3.05) is 5.75 Å². The summed E-state index contributed by atoms with van der Waals surface area (Å²) in [6.45, 7) is 7.48. The largest absolute Gasteiger partial charge is 0.353 e. The Morgan fingerprint density at radius 1 is 1.36 bits per heavy atom. The molecule has 0 spiro atoms. The van der Waals surface area contributed by atoms with Crippen molar-refractivity contribution < 1.29 is 4.79 Å². The SMILES string of the molecule is CC(=O)C1=C(C)NC(SCC=C(C)C)=C(C#N)C1c1ccccc1Cl. The van der Waals surface area contributed by atoms with Gasteiger partial charge in [-0.05, 0) is 39.3 Å². The van der Waals surface area contributed by atoms with E-state index in [2.05, 4.69) is 17.5 Å². The van der Waals surface area contributed by atoms with E-state index in [1.807, 2.05) is 39.0 Å². The Morgan fingerprint density at radius 3 is 2.60 bits per heavy atom. The molecule has 5 heteroatoms. The predicted octanol–water partition coefficient (Wildman–Crippen LogP) is 5.32. The van der Waals surface area contributed by atoms with E-state index in [4.69, 9.17) is 11.6 Å². The molecule has 1 aliphatic heterocycles. The molecule has 1 unspecified atom stereocenters. The first-order valence-electron chi connectivity index (χ1n) is 8.00. The van der Waals surface area contributed by atoms with Crippen molar-refractivity contribution in [1.29, 1.82) is 5.26 Å². The average molecular weight is 373 g/mol. The molecule has 25 heavy (non-hydrogen) atoms. The maximum atomic E-state index is 12.3. The van der Waals surface area contributed by atoms with Gasteiger partial charge < -0.3 is 5.32 Å². The molecule has 2 rings (SSSR count). The number of nitrogens with one attached hydrogen (secondary N) is 1. The number of dihydropyridines is 1. The van der Waals surface area contributed by atoms with Crippen molar-refractivity contribution in [2.45, 2.75) is 33.6 Å². The summed E-state index contributed by atoms with van der Waals surface area (Å²) in [5.41, 5.74) is 3.91. The van der Waals surface area contributed by atoms with E-state index in [1.54, 1.807) is 17.8 Å². The van der Waals surface area contributed by atoms with Crippen molar-refractivity contribution >= 4 is 29.1 Å². The van der Waals surface area contributed by atoms with Crippen LogP contribution in [0.3, 0.4) is 0 Å². The molecule has 1 aromatic carbocycles. The summed E-state index contributed by atoms with van der Waals surface area (Å²) in [6.07, 6.45) is 2.11. The normalized spacial score (nSPS) is 17.0. The van der Waals surface area contributed by atoms with Gasteiger partial charge in [-0.2, -0.15) is 5.26 Å². The van der Waals surface area contributed by atoms with Crippen LogP contribution in [0.5, 0.6) is 0 Å². The van der Waals surface area contributed by atoms with E-state index in [0.717, 1.165) is 22.0 Å². The molecule has 1 heterocycles. The second-order valence-corrected chi connectivity index (χ2v) is 7.56. The zero-order chi connectivity index (χ0) is 18.6. The number of halogens is 1. The third-order valence-electron chi connectivity index (χ3n) is 3.96. The molecule has 0 radical (unpaired) electrons. The zero-order valence-electron chi connectivity index (χ0n) is 14.8. The van der Waals surface area contributed by atoms with Crippen molar-refractivity contribution in [1.82, 2.24) is 5.32 Å². The minimum absolute atomic E-state index is 0.0592. The number of nitrogens with zero attached hydrogens (tertiary/aromatic N) is 1. The Labute approximate surface area is 158 Å². The maximum absolute atomic E-state index is 12.3. The number of carbonyl (C=O) groups is 1. The van der Waals surface area contributed by atoms with Crippen LogP contribution in [0.25, 0.3) is 0 Å². The number of rotatable bonds is 5. The van der Waals surface area contributed by atoms with E-state index in [0.29, 0.717) is 16.2 Å². The molecular formula is C20H21ClN2OS. The monoisotopic (exact) mass is 372 g/mol. The third kappa shape index (κ3) is 4.36. The second-order valence-electron chi connectivity index (χ2n) is 6.12. The number of nitriles is 1. The van der Waals surface area contributed by atoms with Crippen LogP contribution in [-0.2, 0) is 4.79 Å². The molecule has 0 aromatic heterocycles. The van der Waals surface area contributed by atoms with Gasteiger partial charge in [0.1, 0.15) is 0 Å². The van der Waals surface area contributed by atoms with Gasteiger partial charge in [-0.3, -0.25) is 4.79 Å². The summed E-state index contributed by atoms with van der Waals surface area (Å²) >= 11 is 7.95. The average Bonchev–Trinajstić information content (AvgIpc) is 2.54. The van der Waals surface area contributed by atoms with E-state index >= 15 is 0 Å². The fraction of sp³-hybridized carbons (Fsp3) is 0.300. The lowest BCUT2D eigenvalue weighted by Gasteiger charge is -2.29. The van der Waals surface area contributed by atoms with Crippen molar-refractivity contribution in [3.63, 3.8) is 0 Å². The maximum Gasteiger partial charge on any atom is 0.158 e. The first kappa shape index (κ1) is 19.4. The van der Waals surface area contributed by atoms with Gasteiger partial charge in [0.25, 0.3) is 0 Å². The van der Waals surface area contributed by atoms with Crippen LogP contribution < -0.4 is 5.32 Å². The number of Topliss-reactive ketones (excluding diaryl/α,β-unsaturated/α-hetero) is 1. The Balaban J connectivity index is 2.58. The molecular weight excluding hydrogens is 352 g/mol. The number of benzene rings is 1. The van der Waals surface area contributed by atoms with Crippen LogP contribution in [0.2, 0.25) is 5.02 Å². The van der Waals surface area contributed by atoms with E-state index in [-0.39, 0.29) is 5.78 Å². The van der Waals surface area contributed by atoms with Crippen molar-refractivity contribution in [3.05, 3.63) is 68.4 Å². The first-order chi connectivity index (χ1) is 11.9. The van der Waals surface area contributed by atoms with Gasteiger partial charge in [-0.15, -0.1) is 11.8 Å². The highest BCUT2D eigenvalue weighted by Crippen LogP contribution is 2.42. The van der Waals surface area contributed by atoms with Crippen molar-refractivity contribution in [2.24, 2.45) is 0 Å². The highest BCUT2D eigenvalue weighted by molar-refractivity contribution is 8.03. The minimum atomic E-state index is -0.438. The molecule has 1 N–H and O–H groups in total. The Morgan fingerprint density at radius 2 is 2.04 bits per heavy atom. The summed E-state index contributed by atoms with van der Waals surface area (Å²) < 4.78 is 0. The molecule has 130 valence electrons. The highest BCUT2D eigenvalue weighted by Gasteiger charge is 2.33. The summed E-state index contributed by atoms with van der Waals surface area (Å²) in [6, 6.07) is 9.69. The molecule has 1 aromatic rings. The molecule has 0 saturated carbocycles. The quantitative estimate of drug-likeness (QED) is 0.710. The molecule has 1 atom stereocenters. The number of thioether (sulfide) groups is 1. The van der Waals surface area contributed by atoms with Gasteiger partial charge in [-0.25, -0.2) is 0 Å². The molecule has 1 aliphatic rings. The van der Waals surface area contributed by atoms with Crippen LogP contribution in [0, 0.1) is 11.3 Å². The molecule has 0 aliphatic carbocycles. The van der Waals surface area contributed by atoms with Gasteiger partial charge in [0.2, 0.25) is 0 Å². The van der Waals surface area contributed by atoms with Crippen LogP contribution in [0.1, 0.15) is 39.2 Å². The number of allylic oxidation sites excluding steroid dienone is 4. The lowest BCUT2D eigenvalue weighted by molar-refractivity contribution is -0.113. The fourth-order valence-electron chi connectivity index (χ4n) is 2.81. The molecule has 0 fully saturated rings. The summed E-state index contributed by atoms with van der Waals surface area (Å²) in [5.74, 6) is 0.260. The first-order valence-corrected chi connectivity index (χ1v) is 9.36. The van der Waals surface area contributed by atoms with E-state index in [9.17, 15) is 10.1 Å².